The molecule has 0 atom stereocenters. The lowest BCUT2D eigenvalue weighted by Gasteiger charge is -2.33. The summed E-state index contributed by atoms with van der Waals surface area (Å²) in [5, 5.41) is 0. The zero-order valence-corrected chi connectivity index (χ0v) is 13.6. The first-order valence-corrected chi connectivity index (χ1v) is 7.44. The van der Waals surface area contributed by atoms with E-state index in [-0.39, 0.29) is 24.8 Å². The van der Waals surface area contributed by atoms with Crippen molar-refractivity contribution in [3.8, 4) is 5.75 Å². The summed E-state index contributed by atoms with van der Waals surface area (Å²) in [6.45, 7) is 6.22. The summed E-state index contributed by atoms with van der Waals surface area (Å²) in [6.07, 6.45) is 0.271. The number of ether oxygens (including phenoxy) is 1. The van der Waals surface area contributed by atoms with E-state index in [0.717, 1.165) is 0 Å². The zero-order chi connectivity index (χ0) is 17.2. The largest absolute Gasteiger partial charge is 0.494 e. The van der Waals surface area contributed by atoms with Crippen molar-refractivity contribution < 1.29 is 14.3 Å². The molecule has 7 heteroatoms. The van der Waals surface area contributed by atoms with E-state index in [0.29, 0.717) is 23.5 Å². The maximum absolute atomic E-state index is 12.3. The number of primary amides is 1. The number of nitrogens with zero attached hydrogens (tertiary/aromatic N) is 2. The molecule has 0 saturated carbocycles. The first-order valence-electron chi connectivity index (χ1n) is 7.44. The first kappa shape index (κ1) is 16.8. The summed E-state index contributed by atoms with van der Waals surface area (Å²) in [4.78, 5) is 29.5. The Balaban J connectivity index is 2.36. The average molecular weight is 318 g/mol. The highest BCUT2D eigenvalue weighted by atomic mass is 16.5. The quantitative estimate of drug-likeness (QED) is 0.844. The van der Waals surface area contributed by atoms with Gasteiger partial charge in [0.1, 0.15) is 5.75 Å². The van der Waals surface area contributed by atoms with Gasteiger partial charge in [-0.15, -0.1) is 0 Å². The smallest absolute Gasteiger partial charge is 0.248 e. The van der Waals surface area contributed by atoms with Crippen molar-refractivity contribution in [2.24, 2.45) is 16.5 Å². The predicted molar refractivity (Wildman–Crippen MR) is 87.0 cm³/mol. The number of hydrogen-bond donors (Lipinski definition) is 2. The van der Waals surface area contributed by atoms with E-state index >= 15 is 0 Å². The molecule has 0 unspecified atom stereocenters. The highest BCUT2D eigenvalue weighted by Crippen LogP contribution is 2.26. The second-order valence-electron chi connectivity index (χ2n) is 6.06. The predicted octanol–water partition coefficient (Wildman–Crippen LogP) is 1.01. The van der Waals surface area contributed by atoms with Crippen LogP contribution < -0.4 is 16.2 Å². The molecule has 0 saturated heterocycles. The summed E-state index contributed by atoms with van der Waals surface area (Å²) in [5.74, 6) is 0.0950. The van der Waals surface area contributed by atoms with Crippen LogP contribution in [-0.4, -0.2) is 34.8 Å². The number of aliphatic imine (C=N–C) groups is 1. The van der Waals surface area contributed by atoms with Crippen LogP contribution in [0, 0.1) is 0 Å². The molecule has 7 nitrogen and oxygen atoms in total. The topological polar surface area (TPSA) is 111 Å². The fourth-order valence-corrected chi connectivity index (χ4v) is 2.50. The lowest BCUT2D eigenvalue weighted by Crippen LogP contribution is -2.49. The number of carbonyl (C=O) groups is 2. The number of nitrogens with two attached hydrogens (primary N) is 2. The van der Waals surface area contributed by atoms with Crippen molar-refractivity contribution in [1.29, 1.82) is 0 Å². The van der Waals surface area contributed by atoms with Gasteiger partial charge >= 0.3 is 0 Å². The van der Waals surface area contributed by atoms with Gasteiger partial charge in [-0.25, -0.2) is 4.99 Å². The Bertz CT molecular complexity index is 667. The number of rotatable bonds is 5. The molecule has 1 aliphatic rings. The molecule has 0 bridgehead atoms. The van der Waals surface area contributed by atoms with E-state index in [1.165, 1.54) is 4.90 Å². The fraction of sp³-hybridized carbons (Fsp3) is 0.438. The van der Waals surface area contributed by atoms with Crippen LogP contribution in [0.5, 0.6) is 5.75 Å². The summed E-state index contributed by atoms with van der Waals surface area (Å²) >= 11 is 0. The van der Waals surface area contributed by atoms with Crippen LogP contribution >= 0.6 is 0 Å². The van der Waals surface area contributed by atoms with E-state index in [1.54, 1.807) is 18.2 Å². The lowest BCUT2D eigenvalue weighted by molar-refractivity contribution is -0.129. The number of carbonyl (C=O) groups excluding carboxylic acids is 2. The van der Waals surface area contributed by atoms with E-state index < -0.39 is 11.4 Å². The Labute approximate surface area is 135 Å². The van der Waals surface area contributed by atoms with Gasteiger partial charge in [-0.1, -0.05) is 0 Å². The van der Waals surface area contributed by atoms with Gasteiger partial charge in [-0.05, 0) is 39.0 Å². The summed E-state index contributed by atoms with van der Waals surface area (Å²) in [5.41, 5.74) is 11.8. The Hall–Kier alpha value is -2.57. The van der Waals surface area contributed by atoms with E-state index in [4.69, 9.17) is 16.2 Å². The molecule has 2 amide bonds. The maximum atomic E-state index is 12.3. The second kappa shape index (κ2) is 6.28. The van der Waals surface area contributed by atoms with Crippen LogP contribution in [0.4, 0.5) is 0 Å². The summed E-state index contributed by atoms with van der Waals surface area (Å²) in [6, 6.07) is 4.88. The Morgan fingerprint density at radius 2 is 2.13 bits per heavy atom. The molecule has 0 aliphatic carbocycles. The van der Waals surface area contributed by atoms with Crippen LogP contribution in [0.2, 0.25) is 0 Å². The molecule has 4 N–H and O–H groups in total. The van der Waals surface area contributed by atoms with Crippen LogP contribution in [0.1, 0.15) is 43.1 Å². The van der Waals surface area contributed by atoms with Crippen molar-refractivity contribution in [2.45, 2.75) is 39.3 Å². The van der Waals surface area contributed by atoms with Crippen molar-refractivity contribution in [1.82, 2.24) is 4.90 Å². The Kier molecular flexibility index (Phi) is 4.58. The third kappa shape index (κ3) is 3.80. The molecule has 1 heterocycles. The molecular formula is C16H22N4O3. The average Bonchev–Trinajstić information content (AvgIpc) is 2.43. The third-order valence-electron chi connectivity index (χ3n) is 3.55. The summed E-state index contributed by atoms with van der Waals surface area (Å²) in [7, 11) is 0. The van der Waals surface area contributed by atoms with Crippen molar-refractivity contribution in [3.63, 3.8) is 0 Å². The number of benzene rings is 1. The lowest BCUT2D eigenvalue weighted by atomic mass is 9.98. The number of amides is 2. The van der Waals surface area contributed by atoms with Crippen LogP contribution in [0.3, 0.4) is 0 Å². The highest BCUT2D eigenvalue weighted by Gasteiger charge is 2.32. The maximum Gasteiger partial charge on any atom is 0.248 e. The minimum absolute atomic E-state index is 0.116. The molecule has 0 fully saturated rings. The molecule has 23 heavy (non-hydrogen) atoms. The van der Waals surface area contributed by atoms with E-state index in [9.17, 15) is 9.59 Å². The minimum atomic E-state index is -0.540. The SMILES string of the molecule is CCOc1ccc(C(N)=O)cc1CN1C(=O)CC(C)(C)N=C1N. The van der Waals surface area contributed by atoms with Crippen molar-refractivity contribution in [2.75, 3.05) is 6.61 Å². The van der Waals surface area contributed by atoms with Crippen molar-refractivity contribution >= 4 is 17.8 Å². The third-order valence-corrected chi connectivity index (χ3v) is 3.55. The highest BCUT2D eigenvalue weighted by molar-refractivity contribution is 5.99. The van der Waals surface area contributed by atoms with E-state index in [1.807, 2.05) is 20.8 Å². The van der Waals surface area contributed by atoms with Gasteiger partial charge in [0, 0.05) is 11.1 Å². The van der Waals surface area contributed by atoms with E-state index in [2.05, 4.69) is 4.99 Å². The van der Waals surface area contributed by atoms with Gasteiger partial charge in [0.25, 0.3) is 0 Å². The number of hydrogen-bond acceptors (Lipinski definition) is 5. The molecule has 124 valence electrons. The molecule has 2 rings (SSSR count). The van der Waals surface area contributed by atoms with Crippen LogP contribution in [0.25, 0.3) is 0 Å². The molecule has 1 aliphatic heterocycles. The Morgan fingerprint density at radius 3 is 2.70 bits per heavy atom. The van der Waals surface area contributed by atoms with Crippen LogP contribution in [0.15, 0.2) is 23.2 Å². The zero-order valence-electron chi connectivity index (χ0n) is 13.6. The fourth-order valence-electron chi connectivity index (χ4n) is 2.50. The monoisotopic (exact) mass is 318 g/mol. The van der Waals surface area contributed by atoms with Gasteiger partial charge in [0.15, 0.2) is 5.96 Å². The van der Waals surface area contributed by atoms with Gasteiger partial charge < -0.3 is 16.2 Å². The van der Waals surface area contributed by atoms with Crippen molar-refractivity contribution in [3.05, 3.63) is 29.3 Å². The van der Waals surface area contributed by atoms with Gasteiger partial charge in [0.2, 0.25) is 11.8 Å². The molecule has 0 radical (unpaired) electrons. The Morgan fingerprint density at radius 1 is 1.43 bits per heavy atom. The molecular weight excluding hydrogens is 296 g/mol. The van der Waals surface area contributed by atoms with Gasteiger partial charge in [-0.2, -0.15) is 0 Å². The normalized spacial score (nSPS) is 16.9. The van der Waals surface area contributed by atoms with Gasteiger partial charge in [-0.3, -0.25) is 14.5 Å². The number of guanidine groups is 1. The second-order valence-corrected chi connectivity index (χ2v) is 6.06. The standard InChI is InChI=1S/C16H22N4O3/c1-4-23-12-6-5-10(14(17)22)7-11(12)9-20-13(21)8-16(2,3)19-15(20)18/h5-7H,4,8-9H2,1-3H3,(H2,17,22)(H2,18,19). The molecule has 1 aromatic rings. The minimum Gasteiger partial charge on any atom is -0.494 e. The summed E-state index contributed by atoms with van der Waals surface area (Å²) < 4.78 is 5.55. The first-order chi connectivity index (χ1) is 10.7. The van der Waals surface area contributed by atoms with Crippen LogP contribution in [-0.2, 0) is 11.3 Å². The molecule has 1 aromatic carbocycles. The molecule has 0 aromatic heterocycles. The van der Waals surface area contributed by atoms with Gasteiger partial charge in [0.05, 0.1) is 25.1 Å². The molecule has 0 spiro atoms.